The van der Waals surface area contributed by atoms with E-state index in [-0.39, 0.29) is 40.1 Å². The van der Waals surface area contributed by atoms with E-state index in [1.807, 2.05) is 0 Å². The Morgan fingerprint density at radius 2 is 1.70 bits per heavy atom. The van der Waals surface area contributed by atoms with Crippen molar-refractivity contribution in [1.82, 2.24) is 29.4 Å². The molecule has 0 aliphatic heterocycles. The van der Waals surface area contributed by atoms with Crippen LogP contribution in [0.2, 0.25) is 5.02 Å². The smallest absolute Gasteiger partial charge is 0.288 e. The van der Waals surface area contributed by atoms with Gasteiger partial charge in [0.1, 0.15) is 18.0 Å². The van der Waals surface area contributed by atoms with E-state index in [1.165, 1.54) is 35.3 Å². The lowest BCUT2D eigenvalue weighted by molar-refractivity contribution is -0.142. The number of amides is 1. The van der Waals surface area contributed by atoms with Crippen LogP contribution in [-0.4, -0.2) is 35.3 Å². The van der Waals surface area contributed by atoms with Crippen molar-refractivity contribution < 1.29 is 26.7 Å². The first-order chi connectivity index (χ1) is 17.6. The Balaban J connectivity index is 1.42. The number of hydrogen-bond acceptors (Lipinski definition) is 5. The number of nitrogens with one attached hydrogen (secondary N) is 1. The fraction of sp³-hybridized carbons (Fsp3) is 0.0870. The number of aromatic nitrogens is 6. The van der Waals surface area contributed by atoms with E-state index < -0.39 is 29.4 Å². The van der Waals surface area contributed by atoms with Gasteiger partial charge < -0.3 is 0 Å². The quantitative estimate of drug-likeness (QED) is 0.312. The molecule has 0 bridgehead atoms. The van der Waals surface area contributed by atoms with E-state index in [9.17, 15) is 26.7 Å². The van der Waals surface area contributed by atoms with Gasteiger partial charge in [0.15, 0.2) is 17.0 Å². The molecule has 5 aromatic rings. The number of fused-ring (bicyclic) bond motifs is 1. The zero-order valence-corrected chi connectivity index (χ0v) is 19.1. The summed E-state index contributed by atoms with van der Waals surface area (Å²) in [7, 11) is 0. The first-order valence-electron chi connectivity index (χ1n) is 10.5. The Hall–Kier alpha value is -4.39. The lowest BCUT2D eigenvalue weighted by atomic mass is 10.1. The van der Waals surface area contributed by atoms with Gasteiger partial charge in [-0.25, -0.2) is 27.9 Å². The van der Waals surface area contributed by atoms with Crippen LogP contribution in [0.1, 0.15) is 21.7 Å². The average Bonchev–Trinajstić information content (AvgIpc) is 3.47. The Labute approximate surface area is 209 Å². The number of carbonyl (C=O) groups excluding carboxylic acids is 1. The zero-order valence-electron chi connectivity index (χ0n) is 18.3. The summed E-state index contributed by atoms with van der Waals surface area (Å²) < 4.78 is 69.6. The minimum Gasteiger partial charge on any atom is -0.288 e. The highest BCUT2D eigenvalue weighted by molar-refractivity contribution is 6.31. The molecule has 0 saturated carbocycles. The largest absolute Gasteiger partial charge is 0.433 e. The third-order valence-electron chi connectivity index (χ3n) is 5.20. The molecule has 8 nitrogen and oxygen atoms in total. The molecule has 0 atom stereocenters. The fourth-order valence-electron chi connectivity index (χ4n) is 3.47. The number of carbonyl (C=O) groups is 1. The van der Waals surface area contributed by atoms with E-state index >= 15 is 0 Å². The van der Waals surface area contributed by atoms with E-state index in [0.717, 1.165) is 30.3 Å². The molecule has 3 aromatic heterocycles. The normalized spacial score (nSPS) is 11.7. The maximum Gasteiger partial charge on any atom is 0.433 e. The minimum absolute atomic E-state index is 0.0773. The van der Waals surface area contributed by atoms with Crippen LogP contribution < -0.4 is 5.32 Å². The van der Waals surface area contributed by atoms with Crippen molar-refractivity contribution in [3.63, 3.8) is 0 Å². The lowest BCUT2D eigenvalue weighted by Crippen LogP contribution is -2.16. The van der Waals surface area contributed by atoms with Crippen LogP contribution in [0.5, 0.6) is 0 Å². The summed E-state index contributed by atoms with van der Waals surface area (Å²) in [5.74, 6) is -2.07. The van der Waals surface area contributed by atoms with Gasteiger partial charge in [0.05, 0.1) is 12.2 Å². The molecule has 0 aliphatic rings. The molecule has 5 rings (SSSR count). The monoisotopic (exact) mass is 533 g/mol. The van der Waals surface area contributed by atoms with E-state index in [2.05, 4.69) is 25.5 Å². The molecule has 188 valence electrons. The van der Waals surface area contributed by atoms with Crippen LogP contribution in [0.15, 0.2) is 60.9 Å². The molecule has 0 aliphatic carbocycles. The van der Waals surface area contributed by atoms with Gasteiger partial charge in [-0.1, -0.05) is 17.7 Å². The average molecular weight is 534 g/mol. The van der Waals surface area contributed by atoms with Gasteiger partial charge in [-0.15, -0.1) is 5.10 Å². The number of anilines is 1. The Bertz CT molecular complexity index is 1630. The molecule has 0 radical (unpaired) electrons. The number of alkyl halides is 3. The second-order valence-corrected chi connectivity index (χ2v) is 8.19. The summed E-state index contributed by atoms with van der Waals surface area (Å²) >= 11 is 6.01. The predicted molar refractivity (Wildman–Crippen MR) is 122 cm³/mol. The highest BCUT2D eigenvalue weighted by Crippen LogP contribution is 2.32. The summed E-state index contributed by atoms with van der Waals surface area (Å²) in [5, 5.41) is 10.4. The predicted octanol–water partition coefficient (Wildman–Crippen LogP) is 5.24. The first kappa shape index (κ1) is 24.3. The highest BCUT2D eigenvalue weighted by Gasteiger charge is 2.35. The van der Waals surface area contributed by atoms with Crippen LogP contribution in [-0.2, 0) is 12.7 Å². The van der Waals surface area contributed by atoms with Crippen molar-refractivity contribution in [2.45, 2.75) is 12.7 Å². The van der Waals surface area contributed by atoms with Gasteiger partial charge in [-0.05, 0) is 48.0 Å². The van der Waals surface area contributed by atoms with Crippen LogP contribution in [0.3, 0.4) is 0 Å². The Morgan fingerprint density at radius 1 is 0.973 bits per heavy atom. The molecular formula is C23H13ClF5N7O. The van der Waals surface area contributed by atoms with E-state index in [4.69, 9.17) is 11.6 Å². The van der Waals surface area contributed by atoms with Crippen molar-refractivity contribution >= 4 is 29.1 Å². The van der Waals surface area contributed by atoms with Crippen molar-refractivity contribution in [3.8, 4) is 11.3 Å². The molecule has 0 unspecified atom stereocenters. The van der Waals surface area contributed by atoms with Gasteiger partial charge in [-0.3, -0.25) is 10.1 Å². The fourth-order valence-corrected chi connectivity index (χ4v) is 3.70. The Morgan fingerprint density at radius 3 is 2.41 bits per heavy atom. The maximum atomic E-state index is 13.8. The standard InChI is InChI=1S/C23H13ClF5N7O/c24-16-7-15(26)6-3-13(16)10-35-11-30-22(34-35)32-21(37)18-9-20-31-17(12-1-4-14(25)5-2-12)8-19(23(27,28)29)36(20)33-18/h1-9,11H,10H2,(H,32,34,37). The van der Waals surface area contributed by atoms with Crippen LogP contribution in [0, 0.1) is 11.6 Å². The summed E-state index contributed by atoms with van der Waals surface area (Å²) in [6, 6.07) is 10.5. The molecule has 0 fully saturated rings. The SMILES string of the molecule is O=C(Nc1ncn(Cc2ccc(F)cc2Cl)n1)c1cc2nc(-c3ccc(F)cc3)cc(C(F)(F)F)n2n1. The molecule has 1 amide bonds. The van der Waals surface area contributed by atoms with Gasteiger partial charge >= 0.3 is 6.18 Å². The summed E-state index contributed by atoms with van der Waals surface area (Å²) in [6.45, 7) is 0.126. The van der Waals surface area contributed by atoms with Crippen LogP contribution >= 0.6 is 11.6 Å². The number of hydrogen-bond donors (Lipinski definition) is 1. The molecule has 0 spiro atoms. The first-order valence-corrected chi connectivity index (χ1v) is 10.8. The summed E-state index contributed by atoms with van der Waals surface area (Å²) in [5.41, 5.74) is -1.07. The van der Waals surface area contributed by atoms with Gasteiger partial charge in [0.25, 0.3) is 5.91 Å². The number of rotatable bonds is 5. The minimum atomic E-state index is -4.82. The number of halogens is 6. The molecule has 1 N–H and O–H groups in total. The molecule has 0 saturated heterocycles. The molecule has 37 heavy (non-hydrogen) atoms. The van der Waals surface area contributed by atoms with E-state index in [1.54, 1.807) is 0 Å². The second kappa shape index (κ2) is 9.24. The number of benzene rings is 2. The molecule has 2 aromatic carbocycles. The molecule has 3 heterocycles. The van der Waals surface area contributed by atoms with Crippen molar-refractivity contribution in [2.75, 3.05) is 5.32 Å². The third kappa shape index (κ3) is 5.11. The van der Waals surface area contributed by atoms with Crippen LogP contribution in [0.25, 0.3) is 16.9 Å². The van der Waals surface area contributed by atoms with Crippen molar-refractivity contribution in [2.24, 2.45) is 0 Å². The lowest BCUT2D eigenvalue weighted by Gasteiger charge is -2.11. The topological polar surface area (TPSA) is 90.0 Å². The third-order valence-corrected chi connectivity index (χ3v) is 5.55. The highest BCUT2D eigenvalue weighted by atomic mass is 35.5. The summed E-state index contributed by atoms with van der Waals surface area (Å²) in [4.78, 5) is 20.8. The van der Waals surface area contributed by atoms with Crippen molar-refractivity contribution in [3.05, 3.63) is 94.5 Å². The van der Waals surface area contributed by atoms with Gasteiger partial charge in [0, 0.05) is 16.7 Å². The van der Waals surface area contributed by atoms with Gasteiger partial charge in [-0.2, -0.15) is 18.3 Å². The van der Waals surface area contributed by atoms with Crippen LogP contribution in [0.4, 0.5) is 27.9 Å². The molecular weight excluding hydrogens is 521 g/mol. The van der Waals surface area contributed by atoms with E-state index in [0.29, 0.717) is 10.1 Å². The second-order valence-electron chi connectivity index (χ2n) is 7.79. The summed E-state index contributed by atoms with van der Waals surface area (Å²) in [6.07, 6.45) is -3.53. The Kier molecular flexibility index (Phi) is 6.07. The number of nitrogens with zero attached hydrogens (tertiary/aromatic N) is 6. The zero-order chi connectivity index (χ0) is 26.3. The van der Waals surface area contributed by atoms with Gasteiger partial charge in [0.2, 0.25) is 5.95 Å². The maximum absolute atomic E-state index is 13.8. The van der Waals surface area contributed by atoms with Crippen molar-refractivity contribution in [1.29, 1.82) is 0 Å². The molecule has 14 heteroatoms.